The first-order chi connectivity index (χ1) is 13.8. The standard InChI is InChI=1S/C20H21FN4OS2/c21-17-8-4-5-9-18(17)22-19-23-24-20(28-19)27-14-16-13-25(10-11-26-16)12-15-6-2-1-3-7-15/h1-9,16H,10-14H2,(H,22,23)/t16-/m1/s1. The maximum atomic E-state index is 13.7. The van der Waals surface area contributed by atoms with E-state index in [-0.39, 0.29) is 11.9 Å². The molecule has 1 atom stereocenters. The fourth-order valence-corrected chi connectivity index (χ4v) is 4.82. The minimum atomic E-state index is -0.305. The molecule has 2 heterocycles. The Balaban J connectivity index is 1.27. The number of ether oxygens (including phenoxy) is 1. The summed E-state index contributed by atoms with van der Waals surface area (Å²) >= 11 is 3.05. The molecule has 146 valence electrons. The van der Waals surface area contributed by atoms with Crippen molar-refractivity contribution >= 4 is 33.9 Å². The van der Waals surface area contributed by atoms with Gasteiger partial charge in [-0.3, -0.25) is 4.90 Å². The van der Waals surface area contributed by atoms with E-state index in [1.807, 2.05) is 6.07 Å². The number of nitrogens with one attached hydrogen (secondary N) is 1. The van der Waals surface area contributed by atoms with Crippen molar-refractivity contribution in [2.45, 2.75) is 17.0 Å². The lowest BCUT2D eigenvalue weighted by Crippen LogP contribution is -2.43. The molecule has 0 saturated carbocycles. The van der Waals surface area contributed by atoms with Crippen molar-refractivity contribution in [3.8, 4) is 0 Å². The van der Waals surface area contributed by atoms with Gasteiger partial charge in [0.05, 0.1) is 18.4 Å². The number of thioether (sulfide) groups is 1. The number of anilines is 2. The third kappa shape index (κ3) is 5.29. The molecule has 0 amide bonds. The number of hydrogen-bond donors (Lipinski definition) is 1. The highest BCUT2D eigenvalue weighted by Crippen LogP contribution is 2.29. The van der Waals surface area contributed by atoms with E-state index in [0.717, 1.165) is 36.3 Å². The molecule has 1 aromatic heterocycles. The van der Waals surface area contributed by atoms with Crippen LogP contribution in [0.1, 0.15) is 5.56 Å². The van der Waals surface area contributed by atoms with E-state index in [4.69, 9.17) is 4.74 Å². The summed E-state index contributed by atoms with van der Waals surface area (Å²) in [6.45, 7) is 3.54. The summed E-state index contributed by atoms with van der Waals surface area (Å²) in [6.07, 6.45) is 0.161. The largest absolute Gasteiger partial charge is 0.375 e. The molecule has 0 radical (unpaired) electrons. The zero-order valence-electron chi connectivity index (χ0n) is 15.3. The molecule has 0 aliphatic carbocycles. The Morgan fingerprint density at radius 3 is 2.82 bits per heavy atom. The fourth-order valence-electron chi connectivity index (χ4n) is 3.03. The molecule has 1 saturated heterocycles. The van der Waals surface area contributed by atoms with Crippen LogP contribution in [0.25, 0.3) is 0 Å². The second-order valence-corrected chi connectivity index (χ2v) is 8.75. The number of benzene rings is 2. The molecule has 0 unspecified atom stereocenters. The maximum Gasteiger partial charge on any atom is 0.210 e. The van der Waals surface area contributed by atoms with E-state index in [2.05, 4.69) is 44.7 Å². The molecule has 2 aromatic carbocycles. The predicted octanol–water partition coefficient (Wildman–Crippen LogP) is 4.41. The normalized spacial score (nSPS) is 17.5. The van der Waals surface area contributed by atoms with Crippen LogP contribution < -0.4 is 5.32 Å². The van der Waals surface area contributed by atoms with Crippen molar-refractivity contribution in [1.29, 1.82) is 0 Å². The molecule has 1 aliphatic heterocycles. The van der Waals surface area contributed by atoms with E-state index >= 15 is 0 Å². The van der Waals surface area contributed by atoms with Crippen molar-refractivity contribution in [2.24, 2.45) is 0 Å². The van der Waals surface area contributed by atoms with Gasteiger partial charge in [-0.15, -0.1) is 10.2 Å². The molecule has 3 aromatic rings. The Bertz CT molecular complexity index is 893. The molecule has 0 bridgehead atoms. The molecule has 1 fully saturated rings. The summed E-state index contributed by atoms with van der Waals surface area (Å²) in [5, 5.41) is 11.9. The summed E-state index contributed by atoms with van der Waals surface area (Å²) in [6, 6.07) is 17.0. The van der Waals surface area contributed by atoms with Crippen LogP contribution in [0.5, 0.6) is 0 Å². The average Bonchev–Trinajstić information content (AvgIpc) is 3.17. The van der Waals surface area contributed by atoms with Crippen LogP contribution in [-0.4, -0.2) is 46.7 Å². The van der Waals surface area contributed by atoms with Gasteiger partial charge in [-0.2, -0.15) is 0 Å². The molecule has 0 spiro atoms. The zero-order valence-corrected chi connectivity index (χ0v) is 16.9. The first-order valence-corrected chi connectivity index (χ1v) is 10.9. The number of morpholine rings is 1. The van der Waals surface area contributed by atoms with Gasteiger partial charge in [-0.1, -0.05) is 65.6 Å². The van der Waals surface area contributed by atoms with Gasteiger partial charge in [0.25, 0.3) is 0 Å². The number of hydrogen-bond acceptors (Lipinski definition) is 7. The van der Waals surface area contributed by atoms with Crippen LogP contribution in [0.15, 0.2) is 58.9 Å². The Hall–Kier alpha value is -2.00. The molecule has 28 heavy (non-hydrogen) atoms. The van der Waals surface area contributed by atoms with Gasteiger partial charge in [-0.05, 0) is 17.7 Å². The third-order valence-electron chi connectivity index (χ3n) is 4.39. The van der Waals surface area contributed by atoms with Crippen LogP contribution in [0, 0.1) is 5.82 Å². The van der Waals surface area contributed by atoms with E-state index in [0.29, 0.717) is 10.8 Å². The molecular formula is C20H21FN4OS2. The Morgan fingerprint density at radius 2 is 1.96 bits per heavy atom. The van der Waals surface area contributed by atoms with Crippen molar-refractivity contribution in [3.05, 3.63) is 66.0 Å². The van der Waals surface area contributed by atoms with Crippen molar-refractivity contribution < 1.29 is 9.13 Å². The van der Waals surface area contributed by atoms with Crippen LogP contribution in [0.2, 0.25) is 0 Å². The number of aromatic nitrogens is 2. The summed E-state index contributed by atoms with van der Waals surface area (Å²) in [4.78, 5) is 2.43. The van der Waals surface area contributed by atoms with E-state index in [1.54, 1.807) is 30.0 Å². The number of halogens is 1. The van der Waals surface area contributed by atoms with E-state index < -0.39 is 0 Å². The van der Waals surface area contributed by atoms with Crippen molar-refractivity contribution in [2.75, 3.05) is 30.8 Å². The lowest BCUT2D eigenvalue weighted by molar-refractivity contribution is -0.0187. The zero-order chi connectivity index (χ0) is 19.2. The van der Waals surface area contributed by atoms with Crippen molar-refractivity contribution in [1.82, 2.24) is 15.1 Å². The maximum absolute atomic E-state index is 13.7. The van der Waals surface area contributed by atoms with Gasteiger partial charge < -0.3 is 10.1 Å². The first-order valence-electron chi connectivity index (χ1n) is 9.12. The SMILES string of the molecule is Fc1ccccc1Nc1nnc(SC[C@H]2CN(Cc3ccccc3)CCO2)s1. The number of para-hydroxylation sites is 1. The lowest BCUT2D eigenvalue weighted by Gasteiger charge is -2.32. The van der Waals surface area contributed by atoms with E-state index in [9.17, 15) is 4.39 Å². The van der Waals surface area contributed by atoms with Crippen LogP contribution >= 0.6 is 23.1 Å². The number of rotatable bonds is 7. The quantitative estimate of drug-likeness (QED) is 0.576. The second kappa shape index (κ2) is 9.47. The summed E-state index contributed by atoms with van der Waals surface area (Å²) in [7, 11) is 0. The first kappa shape index (κ1) is 19.3. The van der Waals surface area contributed by atoms with Gasteiger partial charge in [0.2, 0.25) is 5.13 Å². The Kier molecular flexibility index (Phi) is 6.53. The van der Waals surface area contributed by atoms with Gasteiger partial charge in [0.15, 0.2) is 4.34 Å². The lowest BCUT2D eigenvalue weighted by atomic mass is 10.2. The highest BCUT2D eigenvalue weighted by atomic mass is 32.2. The van der Waals surface area contributed by atoms with Gasteiger partial charge in [0, 0.05) is 25.4 Å². The summed E-state index contributed by atoms with van der Waals surface area (Å²) in [5.74, 6) is 0.514. The molecule has 1 N–H and O–H groups in total. The smallest absolute Gasteiger partial charge is 0.210 e. The van der Waals surface area contributed by atoms with Gasteiger partial charge >= 0.3 is 0 Å². The molecule has 5 nitrogen and oxygen atoms in total. The highest BCUT2D eigenvalue weighted by molar-refractivity contribution is 8.01. The van der Waals surface area contributed by atoms with Crippen LogP contribution in [0.3, 0.4) is 0 Å². The monoisotopic (exact) mass is 416 g/mol. The minimum Gasteiger partial charge on any atom is -0.375 e. The van der Waals surface area contributed by atoms with Crippen LogP contribution in [-0.2, 0) is 11.3 Å². The van der Waals surface area contributed by atoms with Gasteiger partial charge in [-0.25, -0.2) is 4.39 Å². The molecule has 8 heteroatoms. The molecule has 1 aliphatic rings. The highest BCUT2D eigenvalue weighted by Gasteiger charge is 2.21. The average molecular weight is 417 g/mol. The van der Waals surface area contributed by atoms with E-state index in [1.165, 1.54) is 23.0 Å². The topological polar surface area (TPSA) is 50.3 Å². The van der Waals surface area contributed by atoms with Crippen molar-refractivity contribution in [3.63, 3.8) is 0 Å². The van der Waals surface area contributed by atoms with Gasteiger partial charge in [0.1, 0.15) is 5.82 Å². The van der Waals surface area contributed by atoms with Crippen LogP contribution in [0.4, 0.5) is 15.2 Å². The predicted molar refractivity (Wildman–Crippen MR) is 112 cm³/mol. The second-order valence-electron chi connectivity index (χ2n) is 6.50. The summed E-state index contributed by atoms with van der Waals surface area (Å²) < 4.78 is 20.5. The Morgan fingerprint density at radius 1 is 1.14 bits per heavy atom. The third-order valence-corrected chi connectivity index (χ3v) is 6.49. The molecule has 4 rings (SSSR count). The summed E-state index contributed by atoms with van der Waals surface area (Å²) in [5.41, 5.74) is 1.73. The minimum absolute atomic E-state index is 0.161. The Labute approximate surface area is 171 Å². The fraction of sp³-hybridized carbons (Fsp3) is 0.300. The molecular weight excluding hydrogens is 395 g/mol. The number of nitrogens with zero attached hydrogens (tertiary/aromatic N) is 3.